The van der Waals surface area contributed by atoms with E-state index in [2.05, 4.69) is 15.9 Å². The first-order valence-corrected chi connectivity index (χ1v) is 6.99. The molecule has 0 N–H and O–H groups in total. The average molecular weight is 338 g/mol. The first-order chi connectivity index (χ1) is 8.06. The molecule has 2 rings (SSSR count). The van der Waals surface area contributed by atoms with Crippen LogP contribution in [0, 0.1) is 11.6 Å². The standard InChI is InChI=1S/C12H8BrClF2S/c13-12-4-8(6-17-12)10(14)3-7-1-2-9(15)5-11(7)16/h1-2,4-6,10H,3H2. The average Bonchev–Trinajstić information content (AvgIpc) is 2.69. The zero-order valence-corrected chi connectivity index (χ0v) is 11.7. The van der Waals surface area contributed by atoms with E-state index in [4.69, 9.17) is 11.6 Å². The third kappa shape index (κ3) is 3.27. The lowest BCUT2D eigenvalue weighted by atomic mass is 10.1. The highest BCUT2D eigenvalue weighted by Crippen LogP contribution is 2.31. The summed E-state index contributed by atoms with van der Waals surface area (Å²) in [5, 5.41) is 1.61. The van der Waals surface area contributed by atoms with E-state index in [1.165, 1.54) is 23.5 Å². The lowest BCUT2D eigenvalue weighted by Gasteiger charge is -2.08. The van der Waals surface area contributed by atoms with Crippen molar-refractivity contribution in [3.05, 3.63) is 56.2 Å². The molecule has 0 aliphatic heterocycles. The Morgan fingerprint density at radius 3 is 2.65 bits per heavy atom. The van der Waals surface area contributed by atoms with Crippen molar-refractivity contribution in [1.29, 1.82) is 0 Å². The second-order valence-electron chi connectivity index (χ2n) is 3.59. The van der Waals surface area contributed by atoms with Gasteiger partial charge in [0.05, 0.1) is 9.16 Å². The van der Waals surface area contributed by atoms with Crippen LogP contribution in [0.5, 0.6) is 0 Å². The normalized spacial score (nSPS) is 12.7. The number of alkyl halides is 1. The van der Waals surface area contributed by atoms with Gasteiger partial charge in [-0.3, -0.25) is 0 Å². The Bertz CT molecular complexity index is 527. The van der Waals surface area contributed by atoms with Crippen LogP contribution in [-0.4, -0.2) is 0 Å². The monoisotopic (exact) mass is 336 g/mol. The molecule has 90 valence electrons. The quantitative estimate of drug-likeness (QED) is 0.666. The summed E-state index contributed by atoms with van der Waals surface area (Å²) in [7, 11) is 0. The van der Waals surface area contributed by atoms with Crippen molar-refractivity contribution >= 4 is 38.9 Å². The van der Waals surface area contributed by atoms with Gasteiger partial charge in [-0.2, -0.15) is 0 Å². The first-order valence-electron chi connectivity index (χ1n) is 4.88. The van der Waals surface area contributed by atoms with Crippen molar-refractivity contribution in [3.63, 3.8) is 0 Å². The van der Waals surface area contributed by atoms with E-state index in [1.54, 1.807) is 0 Å². The predicted octanol–water partition coefficient (Wildman–Crippen LogP) is 5.31. The molecule has 17 heavy (non-hydrogen) atoms. The van der Waals surface area contributed by atoms with Gasteiger partial charge in [0, 0.05) is 6.07 Å². The topological polar surface area (TPSA) is 0 Å². The Labute approximate surface area is 115 Å². The highest BCUT2D eigenvalue weighted by atomic mass is 79.9. The van der Waals surface area contributed by atoms with Crippen LogP contribution in [0.25, 0.3) is 0 Å². The fourth-order valence-corrected chi connectivity index (χ4v) is 3.08. The third-order valence-electron chi connectivity index (χ3n) is 2.36. The van der Waals surface area contributed by atoms with Gasteiger partial charge in [-0.05, 0) is 51.0 Å². The maximum Gasteiger partial charge on any atom is 0.129 e. The van der Waals surface area contributed by atoms with Crippen LogP contribution in [0.1, 0.15) is 16.5 Å². The summed E-state index contributed by atoms with van der Waals surface area (Å²) in [6.45, 7) is 0. The van der Waals surface area contributed by atoms with Gasteiger partial charge in [-0.15, -0.1) is 22.9 Å². The van der Waals surface area contributed by atoms with E-state index >= 15 is 0 Å². The van der Waals surface area contributed by atoms with E-state index in [0.717, 1.165) is 15.4 Å². The number of rotatable bonds is 3. The minimum absolute atomic E-state index is 0.308. The van der Waals surface area contributed by atoms with E-state index in [-0.39, 0.29) is 5.38 Å². The molecule has 1 aromatic carbocycles. The molecule has 0 bridgehead atoms. The molecule has 0 amide bonds. The maximum atomic E-state index is 13.4. The van der Waals surface area contributed by atoms with Gasteiger partial charge in [-0.25, -0.2) is 8.78 Å². The van der Waals surface area contributed by atoms with Crippen LogP contribution in [0.3, 0.4) is 0 Å². The van der Waals surface area contributed by atoms with Gasteiger partial charge in [-0.1, -0.05) is 6.07 Å². The Morgan fingerprint density at radius 1 is 1.29 bits per heavy atom. The van der Waals surface area contributed by atoms with Crippen LogP contribution in [0.15, 0.2) is 33.4 Å². The van der Waals surface area contributed by atoms with Crippen molar-refractivity contribution in [3.8, 4) is 0 Å². The summed E-state index contributed by atoms with van der Waals surface area (Å²) in [6.07, 6.45) is 0.344. The second kappa shape index (κ2) is 5.46. The lowest BCUT2D eigenvalue weighted by molar-refractivity contribution is 0.570. The van der Waals surface area contributed by atoms with E-state index in [1.807, 2.05) is 11.4 Å². The van der Waals surface area contributed by atoms with Gasteiger partial charge in [0.1, 0.15) is 11.6 Å². The van der Waals surface area contributed by atoms with Gasteiger partial charge in [0.25, 0.3) is 0 Å². The molecule has 0 radical (unpaired) electrons. The highest BCUT2D eigenvalue weighted by molar-refractivity contribution is 9.11. The van der Waals surface area contributed by atoms with Gasteiger partial charge in [0.2, 0.25) is 0 Å². The van der Waals surface area contributed by atoms with Crippen LogP contribution in [-0.2, 0) is 6.42 Å². The minimum Gasteiger partial charge on any atom is -0.207 e. The number of halogens is 4. The van der Waals surface area contributed by atoms with Gasteiger partial charge < -0.3 is 0 Å². The van der Waals surface area contributed by atoms with E-state index in [9.17, 15) is 8.78 Å². The van der Waals surface area contributed by atoms with E-state index < -0.39 is 11.6 Å². The molecule has 0 aliphatic carbocycles. The molecule has 0 saturated carbocycles. The number of hydrogen-bond donors (Lipinski definition) is 0. The van der Waals surface area contributed by atoms with Crippen molar-refractivity contribution < 1.29 is 8.78 Å². The summed E-state index contributed by atoms with van der Waals surface area (Å²) in [5.41, 5.74) is 1.36. The maximum absolute atomic E-state index is 13.4. The molecule has 1 atom stereocenters. The van der Waals surface area contributed by atoms with Crippen LogP contribution >= 0.6 is 38.9 Å². The third-order valence-corrected chi connectivity index (χ3v) is 4.29. The summed E-state index contributed by atoms with van der Waals surface area (Å²) >= 11 is 11.1. The largest absolute Gasteiger partial charge is 0.207 e. The van der Waals surface area contributed by atoms with Crippen molar-refractivity contribution in [2.45, 2.75) is 11.8 Å². The predicted molar refractivity (Wildman–Crippen MR) is 70.7 cm³/mol. The van der Waals surface area contributed by atoms with Crippen LogP contribution in [0.4, 0.5) is 8.78 Å². The van der Waals surface area contributed by atoms with Gasteiger partial charge >= 0.3 is 0 Å². The van der Waals surface area contributed by atoms with Crippen LogP contribution < -0.4 is 0 Å². The molecular weight excluding hydrogens is 330 g/mol. The molecule has 1 heterocycles. The van der Waals surface area contributed by atoms with Crippen LogP contribution in [0.2, 0.25) is 0 Å². The molecule has 0 fully saturated rings. The number of hydrogen-bond acceptors (Lipinski definition) is 1. The Kier molecular flexibility index (Phi) is 4.17. The summed E-state index contributed by atoms with van der Waals surface area (Å²) < 4.78 is 27.1. The van der Waals surface area contributed by atoms with Crippen molar-refractivity contribution in [2.75, 3.05) is 0 Å². The summed E-state index contributed by atoms with van der Waals surface area (Å²) in [6, 6.07) is 5.46. The number of thiophene rings is 1. The Hall–Kier alpha value is -0.450. The molecule has 0 aliphatic rings. The molecule has 0 nitrogen and oxygen atoms in total. The molecular formula is C12H8BrClF2S. The molecule has 1 unspecified atom stereocenters. The number of benzene rings is 1. The Morgan fingerprint density at radius 2 is 2.06 bits per heavy atom. The minimum atomic E-state index is -0.573. The smallest absolute Gasteiger partial charge is 0.129 e. The fraction of sp³-hybridized carbons (Fsp3) is 0.167. The van der Waals surface area contributed by atoms with Crippen molar-refractivity contribution in [1.82, 2.24) is 0 Å². The second-order valence-corrected chi connectivity index (χ2v) is 6.41. The lowest BCUT2D eigenvalue weighted by Crippen LogP contribution is -1.98. The Balaban J connectivity index is 2.15. The summed E-state index contributed by atoms with van der Waals surface area (Å²) in [5.74, 6) is -1.12. The fourth-order valence-electron chi connectivity index (χ4n) is 1.49. The zero-order chi connectivity index (χ0) is 12.4. The highest BCUT2D eigenvalue weighted by Gasteiger charge is 2.13. The SMILES string of the molecule is Fc1ccc(CC(Cl)c2csc(Br)c2)c(F)c1. The molecule has 1 aromatic heterocycles. The molecule has 0 saturated heterocycles. The van der Waals surface area contributed by atoms with Gasteiger partial charge in [0.15, 0.2) is 0 Å². The van der Waals surface area contributed by atoms with E-state index in [0.29, 0.717) is 12.0 Å². The molecule has 2 aromatic rings. The first kappa shape index (κ1) is 13.0. The zero-order valence-electron chi connectivity index (χ0n) is 8.59. The van der Waals surface area contributed by atoms with Crippen molar-refractivity contribution in [2.24, 2.45) is 0 Å². The summed E-state index contributed by atoms with van der Waals surface area (Å²) in [4.78, 5) is 0. The molecule has 5 heteroatoms. The molecule has 0 spiro atoms.